The number of rotatable bonds is 4. The van der Waals surface area contributed by atoms with Crippen molar-refractivity contribution < 1.29 is 4.79 Å². The zero-order chi connectivity index (χ0) is 16.4. The number of hydrogen-bond acceptors (Lipinski definition) is 4. The monoisotopic (exact) mass is 316 g/mol. The van der Waals surface area contributed by atoms with Crippen LogP contribution in [0.5, 0.6) is 0 Å². The second-order valence-corrected chi connectivity index (χ2v) is 6.36. The van der Waals surface area contributed by atoms with Crippen molar-refractivity contribution in [1.29, 1.82) is 0 Å². The van der Waals surface area contributed by atoms with Crippen LogP contribution in [0.2, 0.25) is 0 Å². The first kappa shape index (κ1) is 15.7. The Morgan fingerprint density at radius 2 is 2.26 bits per heavy atom. The van der Waals surface area contributed by atoms with Crippen molar-refractivity contribution in [3.05, 3.63) is 30.1 Å². The average Bonchev–Trinajstić information content (AvgIpc) is 3.23. The summed E-state index contributed by atoms with van der Waals surface area (Å²) in [6.45, 7) is 8.43. The lowest BCUT2D eigenvalue weighted by molar-refractivity contribution is 0.0671. The Morgan fingerprint density at radius 3 is 2.91 bits per heavy atom. The van der Waals surface area contributed by atoms with Crippen molar-refractivity contribution in [3.63, 3.8) is 0 Å². The number of carbonyl (C=O) groups excluding carboxylic acids is 1. The van der Waals surface area contributed by atoms with Gasteiger partial charge in [-0.3, -0.25) is 9.48 Å². The van der Waals surface area contributed by atoms with Gasteiger partial charge in [0.1, 0.15) is 12.7 Å². The zero-order valence-corrected chi connectivity index (χ0v) is 14.0. The number of piperidine rings is 1. The highest BCUT2D eigenvalue weighted by Crippen LogP contribution is 2.24. The summed E-state index contributed by atoms with van der Waals surface area (Å²) in [7, 11) is 0. The van der Waals surface area contributed by atoms with Gasteiger partial charge in [-0.05, 0) is 25.7 Å². The molecule has 1 saturated heterocycles. The smallest absolute Gasteiger partial charge is 0.257 e. The minimum absolute atomic E-state index is 0.0817. The molecule has 7 heteroatoms. The van der Waals surface area contributed by atoms with Gasteiger partial charge >= 0.3 is 0 Å². The van der Waals surface area contributed by atoms with E-state index in [-0.39, 0.29) is 17.9 Å². The molecule has 0 bridgehead atoms. The van der Waals surface area contributed by atoms with Crippen LogP contribution in [0.3, 0.4) is 0 Å². The summed E-state index contributed by atoms with van der Waals surface area (Å²) in [5, 5.41) is 8.78. The van der Waals surface area contributed by atoms with Gasteiger partial charge in [-0.1, -0.05) is 13.8 Å². The number of amides is 1. The molecule has 2 aromatic heterocycles. The van der Waals surface area contributed by atoms with Gasteiger partial charge in [0.25, 0.3) is 5.91 Å². The maximum atomic E-state index is 13.0. The third-order valence-corrected chi connectivity index (χ3v) is 4.39. The van der Waals surface area contributed by atoms with Crippen LogP contribution >= 0.6 is 0 Å². The van der Waals surface area contributed by atoms with E-state index in [9.17, 15) is 4.79 Å². The highest BCUT2D eigenvalue weighted by Gasteiger charge is 2.29. The Hall–Kier alpha value is -2.18. The van der Waals surface area contributed by atoms with Gasteiger partial charge in [-0.15, -0.1) is 0 Å². The minimum atomic E-state index is 0.0817. The molecule has 0 saturated carbocycles. The van der Waals surface area contributed by atoms with E-state index in [4.69, 9.17) is 0 Å². The van der Waals surface area contributed by atoms with Crippen molar-refractivity contribution in [3.8, 4) is 0 Å². The SMILES string of the molecule is CCn1cc(C(=O)N2CCC[C@H](n3cncn3)C2)c(C(C)C)n1. The molecular formula is C16H24N6O. The second-order valence-electron chi connectivity index (χ2n) is 6.36. The highest BCUT2D eigenvalue weighted by atomic mass is 16.2. The van der Waals surface area contributed by atoms with Crippen LogP contribution in [-0.2, 0) is 6.54 Å². The number of aryl methyl sites for hydroxylation is 1. The first-order valence-corrected chi connectivity index (χ1v) is 8.30. The molecule has 0 radical (unpaired) electrons. The number of hydrogen-bond donors (Lipinski definition) is 0. The van der Waals surface area contributed by atoms with E-state index in [1.807, 2.05) is 27.4 Å². The molecule has 0 N–H and O–H groups in total. The predicted octanol–water partition coefficient (Wildman–Crippen LogP) is 2.10. The fourth-order valence-electron chi connectivity index (χ4n) is 3.12. The van der Waals surface area contributed by atoms with Crippen LogP contribution in [0.4, 0.5) is 0 Å². The molecule has 7 nitrogen and oxygen atoms in total. The van der Waals surface area contributed by atoms with Crippen LogP contribution in [-0.4, -0.2) is 48.4 Å². The Kier molecular flexibility index (Phi) is 4.45. The summed E-state index contributed by atoms with van der Waals surface area (Å²) in [5.74, 6) is 0.316. The van der Waals surface area contributed by atoms with Gasteiger partial charge in [0.2, 0.25) is 0 Å². The fraction of sp³-hybridized carbons (Fsp3) is 0.625. The molecule has 124 valence electrons. The molecule has 3 heterocycles. The maximum Gasteiger partial charge on any atom is 0.257 e. The van der Waals surface area contributed by atoms with E-state index in [2.05, 4.69) is 29.0 Å². The predicted molar refractivity (Wildman–Crippen MR) is 86.2 cm³/mol. The maximum absolute atomic E-state index is 13.0. The van der Waals surface area contributed by atoms with Gasteiger partial charge in [0.15, 0.2) is 0 Å². The summed E-state index contributed by atoms with van der Waals surface area (Å²) in [6.07, 6.45) is 7.17. The van der Waals surface area contributed by atoms with Crippen LogP contribution in [0.25, 0.3) is 0 Å². The van der Waals surface area contributed by atoms with Crippen molar-refractivity contribution in [2.45, 2.75) is 52.1 Å². The topological polar surface area (TPSA) is 68.8 Å². The largest absolute Gasteiger partial charge is 0.336 e. The minimum Gasteiger partial charge on any atom is -0.336 e. The quantitative estimate of drug-likeness (QED) is 0.866. The molecule has 1 atom stereocenters. The molecule has 1 aliphatic rings. The normalized spacial score (nSPS) is 18.6. The Balaban J connectivity index is 1.81. The summed E-state index contributed by atoms with van der Waals surface area (Å²) < 4.78 is 3.71. The van der Waals surface area contributed by atoms with Gasteiger partial charge in [-0.25, -0.2) is 9.67 Å². The van der Waals surface area contributed by atoms with Gasteiger partial charge < -0.3 is 4.90 Å². The fourth-order valence-corrected chi connectivity index (χ4v) is 3.12. The van der Waals surface area contributed by atoms with Crippen molar-refractivity contribution >= 4 is 5.91 Å². The number of nitrogens with zero attached hydrogens (tertiary/aromatic N) is 6. The molecule has 1 aliphatic heterocycles. The molecule has 23 heavy (non-hydrogen) atoms. The van der Waals surface area contributed by atoms with Gasteiger partial charge in [0, 0.05) is 25.8 Å². The van der Waals surface area contributed by atoms with Gasteiger partial charge in [0.05, 0.1) is 17.3 Å². The molecule has 3 rings (SSSR count). The van der Waals surface area contributed by atoms with E-state index in [0.717, 1.165) is 37.2 Å². The van der Waals surface area contributed by atoms with Crippen LogP contribution < -0.4 is 0 Å². The molecule has 0 aromatic carbocycles. The molecule has 1 fully saturated rings. The van der Waals surface area contributed by atoms with E-state index in [0.29, 0.717) is 6.54 Å². The first-order chi connectivity index (χ1) is 11.1. The van der Waals surface area contributed by atoms with E-state index in [1.165, 1.54) is 0 Å². The standard InChI is InChI=1S/C16H24N6O/c1-4-21-9-14(15(19-21)12(2)3)16(23)20-7-5-6-13(8-20)22-11-17-10-18-22/h9-13H,4-8H2,1-3H3/t13-/m0/s1. The van der Waals surface area contributed by atoms with E-state index in [1.54, 1.807) is 12.7 Å². The number of likely N-dealkylation sites (tertiary alicyclic amines) is 1. The Bertz CT molecular complexity index is 660. The molecule has 0 unspecified atom stereocenters. The van der Waals surface area contributed by atoms with Crippen LogP contribution in [0.1, 0.15) is 61.6 Å². The molecular weight excluding hydrogens is 292 g/mol. The zero-order valence-electron chi connectivity index (χ0n) is 14.0. The first-order valence-electron chi connectivity index (χ1n) is 8.30. The second kappa shape index (κ2) is 6.52. The van der Waals surface area contributed by atoms with Crippen molar-refractivity contribution in [2.24, 2.45) is 0 Å². The molecule has 1 amide bonds. The van der Waals surface area contributed by atoms with E-state index < -0.39 is 0 Å². The number of carbonyl (C=O) groups is 1. The molecule has 0 spiro atoms. The average molecular weight is 316 g/mol. The third-order valence-electron chi connectivity index (χ3n) is 4.39. The van der Waals surface area contributed by atoms with E-state index >= 15 is 0 Å². The van der Waals surface area contributed by atoms with Crippen molar-refractivity contribution in [1.82, 2.24) is 29.4 Å². The van der Waals surface area contributed by atoms with Crippen LogP contribution in [0.15, 0.2) is 18.9 Å². The Morgan fingerprint density at radius 1 is 1.43 bits per heavy atom. The Labute approximate surface area is 136 Å². The summed E-state index contributed by atoms with van der Waals surface area (Å²) >= 11 is 0. The van der Waals surface area contributed by atoms with Gasteiger partial charge in [-0.2, -0.15) is 10.2 Å². The number of aromatic nitrogens is 5. The lowest BCUT2D eigenvalue weighted by atomic mass is 10.0. The summed E-state index contributed by atoms with van der Waals surface area (Å²) in [6, 6.07) is 0.207. The molecule has 0 aliphatic carbocycles. The summed E-state index contributed by atoms with van der Waals surface area (Å²) in [4.78, 5) is 18.9. The lowest BCUT2D eigenvalue weighted by Gasteiger charge is -2.32. The summed E-state index contributed by atoms with van der Waals surface area (Å²) in [5.41, 5.74) is 1.63. The highest BCUT2D eigenvalue weighted by molar-refractivity contribution is 5.95. The lowest BCUT2D eigenvalue weighted by Crippen LogP contribution is -2.41. The van der Waals surface area contributed by atoms with Crippen molar-refractivity contribution in [2.75, 3.05) is 13.1 Å². The van der Waals surface area contributed by atoms with Crippen LogP contribution in [0, 0.1) is 0 Å². The molecule has 2 aromatic rings. The third kappa shape index (κ3) is 3.13.